The molecule has 7 heteroatoms. The molecule has 0 spiro atoms. The molecule has 1 rings (SSSR count). The van der Waals surface area contributed by atoms with Crippen LogP contribution in [0.4, 0.5) is 13.2 Å². The third-order valence-electron chi connectivity index (χ3n) is 2.57. The van der Waals surface area contributed by atoms with E-state index in [0.29, 0.717) is 6.07 Å². The van der Waals surface area contributed by atoms with Crippen molar-refractivity contribution in [1.82, 2.24) is 9.88 Å². The van der Waals surface area contributed by atoms with E-state index in [2.05, 4.69) is 5.32 Å². The van der Waals surface area contributed by atoms with Crippen molar-refractivity contribution in [1.29, 1.82) is 0 Å². The lowest BCUT2D eigenvalue weighted by Gasteiger charge is -2.17. The van der Waals surface area contributed by atoms with Crippen LogP contribution in [0.3, 0.4) is 0 Å². The minimum absolute atomic E-state index is 0.127. The first-order valence-corrected chi connectivity index (χ1v) is 5.67. The van der Waals surface area contributed by atoms with Crippen molar-refractivity contribution < 1.29 is 18.0 Å². The Morgan fingerprint density at radius 1 is 1.42 bits per heavy atom. The summed E-state index contributed by atoms with van der Waals surface area (Å²) in [4.78, 5) is 22.5. The van der Waals surface area contributed by atoms with E-state index >= 15 is 0 Å². The number of alkyl halides is 3. The SMILES string of the molecule is CC(=O)NC(C)Cn1c(C)cc(C(F)(F)F)cc1=O. The van der Waals surface area contributed by atoms with E-state index in [1.165, 1.54) is 18.4 Å². The van der Waals surface area contributed by atoms with Crippen LogP contribution in [0.15, 0.2) is 16.9 Å². The Morgan fingerprint density at radius 2 is 2.00 bits per heavy atom. The fourth-order valence-electron chi connectivity index (χ4n) is 1.79. The Hall–Kier alpha value is -1.79. The first-order chi connectivity index (χ1) is 8.61. The summed E-state index contributed by atoms with van der Waals surface area (Å²) in [5.74, 6) is -0.259. The molecule has 0 aliphatic heterocycles. The van der Waals surface area contributed by atoms with Crippen molar-refractivity contribution in [3.05, 3.63) is 33.7 Å². The maximum absolute atomic E-state index is 12.5. The topological polar surface area (TPSA) is 51.1 Å². The molecule has 0 saturated carbocycles. The second-order valence-corrected chi connectivity index (χ2v) is 4.43. The number of nitrogens with zero attached hydrogens (tertiary/aromatic N) is 1. The van der Waals surface area contributed by atoms with Crippen LogP contribution in [-0.2, 0) is 17.5 Å². The Morgan fingerprint density at radius 3 is 2.42 bits per heavy atom. The fraction of sp³-hybridized carbons (Fsp3) is 0.500. The van der Waals surface area contributed by atoms with Crippen molar-refractivity contribution >= 4 is 5.91 Å². The molecule has 0 bridgehead atoms. The van der Waals surface area contributed by atoms with E-state index in [-0.39, 0.29) is 24.2 Å². The first-order valence-electron chi connectivity index (χ1n) is 5.67. The highest BCUT2D eigenvalue weighted by atomic mass is 19.4. The quantitative estimate of drug-likeness (QED) is 0.913. The number of halogens is 3. The molecule has 0 radical (unpaired) electrons. The van der Waals surface area contributed by atoms with E-state index < -0.39 is 17.3 Å². The third-order valence-corrected chi connectivity index (χ3v) is 2.57. The van der Waals surface area contributed by atoms with Crippen molar-refractivity contribution in [3.63, 3.8) is 0 Å². The fourth-order valence-corrected chi connectivity index (χ4v) is 1.79. The van der Waals surface area contributed by atoms with E-state index in [0.717, 1.165) is 6.07 Å². The molecule has 19 heavy (non-hydrogen) atoms. The maximum Gasteiger partial charge on any atom is 0.416 e. The minimum Gasteiger partial charge on any atom is -0.352 e. The minimum atomic E-state index is -4.54. The number of rotatable bonds is 3. The van der Waals surface area contributed by atoms with Crippen molar-refractivity contribution in [3.8, 4) is 0 Å². The molecule has 1 heterocycles. The lowest BCUT2D eigenvalue weighted by Crippen LogP contribution is -2.37. The molecule has 1 unspecified atom stereocenters. The summed E-state index contributed by atoms with van der Waals surface area (Å²) in [6.45, 7) is 4.56. The van der Waals surface area contributed by atoms with Crippen molar-refractivity contribution in [2.45, 2.75) is 39.5 Å². The molecule has 1 aromatic heterocycles. The zero-order valence-electron chi connectivity index (χ0n) is 10.8. The molecule has 4 nitrogen and oxygen atoms in total. The highest BCUT2D eigenvalue weighted by molar-refractivity contribution is 5.73. The summed E-state index contributed by atoms with van der Waals surface area (Å²) >= 11 is 0. The summed E-state index contributed by atoms with van der Waals surface area (Å²) in [5.41, 5.74) is -1.49. The van der Waals surface area contributed by atoms with Gasteiger partial charge in [-0.2, -0.15) is 13.2 Å². The van der Waals surface area contributed by atoms with Gasteiger partial charge in [-0.1, -0.05) is 0 Å². The molecule has 0 fully saturated rings. The monoisotopic (exact) mass is 276 g/mol. The lowest BCUT2D eigenvalue weighted by atomic mass is 10.2. The molecule has 1 atom stereocenters. The van der Waals surface area contributed by atoms with Gasteiger partial charge in [-0.25, -0.2) is 0 Å². The molecule has 106 valence electrons. The molecular formula is C12H15F3N2O2. The van der Waals surface area contributed by atoms with Gasteiger partial charge < -0.3 is 9.88 Å². The second-order valence-electron chi connectivity index (χ2n) is 4.43. The zero-order chi connectivity index (χ0) is 14.8. The standard InChI is InChI=1S/C12H15F3N2O2/c1-7(16-9(3)18)6-17-8(2)4-10(5-11(17)19)12(13,14)15/h4-5,7H,6H2,1-3H3,(H,16,18). The van der Waals surface area contributed by atoms with Crippen molar-refractivity contribution in [2.75, 3.05) is 0 Å². The first kappa shape index (κ1) is 15.3. The van der Waals surface area contributed by atoms with Crippen LogP contribution >= 0.6 is 0 Å². The average molecular weight is 276 g/mol. The summed E-state index contributed by atoms with van der Waals surface area (Å²) in [7, 11) is 0. The molecule has 0 saturated heterocycles. The van der Waals surface area contributed by atoms with E-state index in [4.69, 9.17) is 0 Å². The Bertz CT molecular complexity index is 535. The number of pyridine rings is 1. The van der Waals surface area contributed by atoms with Gasteiger partial charge in [-0.3, -0.25) is 9.59 Å². The Kier molecular flexibility index (Phi) is 4.39. The maximum atomic E-state index is 12.5. The predicted molar refractivity (Wildman–Crippen MR) is 63.7 cm³/mol. The largest absolute Gasteiger partial charge is 0.416 e. The van der Waals surface area contributed by atoms with Crippen LogP contribution in [0, 0.1) is 6.92 Å². The van der Waals surface area contributed by atoms with Gasteiger partial charge in [0.15, 0.2) is 0 Å². The third kappa shape index (κ3) is 4.11. The van der Waals surface area contributed by atoms with Gasteiger partial charge >= 0.3 is 6.18 Å². The van der Waals surface area contributed by atoms with Gasteiger partial charge in [0.1, 0.15) is 0 Å². The number of amides is 1. The number of hydrogen-bond donors (Lipinski definition) is 1. The van der Waals surface area contributed by atoms with Gasteiger partial charge in [-0.05, 0) is 19.9 Å². The van der Waals surface area contributed by atoms with Crippen LogP contribution in [0.25, 0.3) is 0 Å². The van der Waals surface area contributed by atoms with Gasteiger partial charge in [0.2, 0.25) is 5.91 Å². The summed E-state index contributed by atoms with van der Waals surface area (Å²) in [5, 5.41) is 2.57. The molecule has 1 aromatic rings. The molecule has 1 N–H and O–H groups in total. The molecule has 0 aliphatic carbocycles. The summed E-state index contributed by atoms with van der Waals surface area (Å²) < 4.78 is 38.7. The lowest BCUT2D eigenvalue weighted by molar-refractivity contribution is -0.137. The normalized spacial score (nSPS) is 13.2. The zero-order valence-corrected chi connectivity index (χ0v) is 10.8. The van der Waals surface area contributed by atoms with Crippen LogP contribution in [0.2, 0.25) is 0 Å². The van der Waals surface area contributed by atoms with Gasteiger partial charge in [0.25, 0.3) is 5.56 Å². The number of carbonyl (C=O) groups excluding carboxylic acids is 1. The van der Waals surface area contributed by atoms with Crippen LogP contribution in [0.1, 0.15) is 25.1 Å². The van der Waals surface area contributed by atoms with Gasteiger partial charge in [0, 0.05) is 31.3 Å². The van der Waals surface area contributed by atoms with E-state index in [1.807, 2.05) is 0 Å². The highest BCUT2D eigenvalue weighted by Crippen LogP contribution is 2.28. The van der Waals surface area contributed by atoms with Crippen LogP contribution in [-0.4, -0.2) is 16.5 Å². The van der Waals surface area contributed by atoms with E-state index in [9.17, 15) is 22.8 Å². The molecule has 1 amide bonds. The predicted octanol–water partition coefficient (Wildman–Crippen LogP) is 1.70. The number of aryl methyl sites for hydroxylation is 1. The van der Waals surface area contributed by atoms with Gasteiger partial charge in [-0.15, -0.1) is 0 Å². The summed E-state index contributed by atoms with van der Waals surface area (Å²) in [6, 6.07) is 1.14. The number of hydrogen-bond acceptors (Lipinski definition) is 2. The van der Waals surface area contributed by atoms with Crippen LogP contribution in [0.5, 0.6) is 0 Å². The molecule has 0 aliphatic rings. The smallest absolute Gasteiger partial charge is 0.352 e. The molecular weight excluding hydrogens is 261 g/mol. The van der Waals surface area contributed by atoms with Crippen LogP contribution < -0.4 is 10.9 Å². The second kappa shape index (κ2) is 5.46. The Balaban J connectivity index is 3.05. The van der Waals surface area contributed by atoms with Crippen molar-refractivity contribution in [2.24, 2.45) is 0 Å². The number of aromatic nitrogens is 1. The Labute approximate surface area is 108 Å². The number of nitrogens with one attached hydrogen (secondary N) is 1. The molecule has 0 aromatic carbocycles. The average Bonchev–Trinajstić information content (AvgIpc) is 2.20. The summed E-state index contributed by atoms with van der Waals surface area (Å²) in [6.07, 6.45) is -4.54. The highest BCUT2D eigenvalue weighted by Gasteiger charge is 2.31. The number of carbonyl (C=O) groups is 1. The van der Waals surface area contributed by atoms with Gasteiger partial charge in [0.05, 0.1) is 5.56 Å². The van der Waals surface area contributed by atoms with E-state index in [1.54, 1.807) is 6.92 Å².